The summed E-state index contributed by atoms with van der Waals surface area (Å²) in [6, 6.07) is 12.5. The molecule has 124 valence electrons. The molecule has 0 spiro atoms. The number of aromatic hydroxyl groups is 1. The van der Waals surface area contributed by atoms with Crippen molar-refractivity contribution in [3.8, 4) is 5.75 Å². The van der Waals surface area contributed by atoms with Gasteiger partial charge in [0.15, 0.2) is 0 Å². The number of phenols is 1. The first-order chi connectivity index (χ1) is 11.5. The van der Waals surface area contributed by atoms with Crippen molar-refractivity contribution in [1.29, 1.82) is 0 Å². The zero-order chi connectivity index (χ0) is 17.5. The molecule has 0 bridgehead atoms. The number of phenolic OH excluding ortho intramolecular Hbond substituents is 1. The van der Waals surface area contributed by atoms with Gasteiger partial charge in [0.2, 0.25) is 5.91 Å². The van der Waals surface area contributed by atoms with Crippen LogP contribution >= 0.6 is 0 Å². The van der Waals surface area contributed by atoms with Crippen LogP contribution in [-0.2, 0) is 11.2 Å². The molecule has 1 amide bonds. The zero-order valence-corrected chi connectivity index (χ0v) is 13.1. The Labute approximate surface area is 138 Å². The maximum Gasteiger partial charge on any atom is 0.269 e. The van der Waals surface area contributed by atoms with E-state index in [9.17, 15) is 20.0 Å². The van der Waals surface area contributed by atoms with E-state index in [1.807, 2.05) is 6.92 Å². The highest BCUT2D eigenvalue weighted by Crippen LogP contribution is 2.18. The Morgan fingerprint density at radius 3 is 2.46 bits per heavy atom. The zero-order valence-electron chi connectivity index (χ0n) is 13.1. The SMILES string of the molecule is CCC(=NNC(=O)Cc1ccc([N+](=O)[O-])cc1)c1ccccc1O. The van der Waals surface area contributed by atoms with Crippen LogP contribution in [0, 0.1) is 10.1 Å². The molecule has 2 rings (SSSR count). The van der Waals surface area contributed by atoms with E-state index >= 15 is 0 Å². The lowest BCUT2D eigenvalue weighted by atomic mass is 10.1. The van der Waals surface area contributed by atoms with Crippen LogP contribution in [0.2, 0.25) is 0 Å². The number of nitro groups is 1. The number of para-hydroxylation sites is 1. The van der Waals surface area contributed by atoms with Crippen LogP contribution in [0.25, 0.3) is 0 Å². The average Bonchev–Trinajstić information content (AvgIpc) is 2.57. The summed E-state index contributed by atoms with van der Waals surface area (Å²) >= 11 is 0. The molecule has 0 fully saturated rings. The number of hydrogen-bond donors (Lipinski definition) is 2. The molecule has 0 saturated carbocycles. The first kappa shape index (κ1) is 17.1. The summed E-state index contributed by atoms with van der Waals surface area (Å²) in [6.45, 7) is 1.87. The predicted molar refractivity (Wildman–Crippen MR) is 89.9 cm³/mol. The number of carbonyl (C=O) groups is 1. The molecule has 0 saturated heterocycles. The third-order valence-electron chi connectivity index (χ3n) is 3.38. The van der Waals surface area contributed by atoms with Gasteiger partial charge in [-0.25, -0.2) is 5.43 Å². The van der Waals surface area contributed by atoms with Crippen LogP contribution < -0.4 is 5.43 Å². The lowest BCUT2D eigenvalue weighted by Crippen LogP contribution is -2.21. The van der Waals surface area contributed by atoms with Crippen molar-refractivity contribution in [3.63, 3.8) is 0 Å². The van der Waals surface area contributed by atoms with E-state index in [0.717, 1.165) is 0 Å². The van der Waals surface area contributed by atoms with Crippen LogP contribution in [0.4, 0.5) is 5.69 Å². The minimum Gasteiger partial charge on any atom is -0.507 e. The fourth-order valence-corrected chi connectivity index (χ4v) is 2.14. The highest BCUT2D eigenvalue weighted by molar-refractivity contribution is 6.03. The maximum atomic E-state index is 12.0. The number of hydrazone groups is 1. The van der Waals surface area contributed by atoms with Crippen molar-refractivity contribution < 1.29 is 14.8 Å². The number of amides is 1. The smallest absolute Gasteiger partial charge is 0.269 e. The highest BCUT2D eigenvalue weighted by atomic mass is 16.6. The average molecular weight is 327 g/mol. The fraction of sp³-hybridized carbons (Fsp3) is 0.176. The van der Waals surface area contributed by atoms with Crippen LogP contribution in [0.5, 0.6) is 5.75 Å². The molecule has 7 heteroatoms. The molecule has 2 N–H and O–H groups in total. The van der Waals surface area contributed by atoms with Crippen LogP contribution in [0.1, 0.15) is 24.5 Å². The molecule has 0 aliphatic rings. The van der Waals surface area contributed by atoms with Gasteiger partial charge >= 0.3 is 0 Å². The summed E-state index contributed by atoms with van der Waals surface area (Å²) in [5.41, 5.74) is 4.20. The second-order valence-electron chi connectivity index (χ2n) is 5.06. The molecule has 2 aromatic rings. The van der Waals surface area contributed by atoms with E-state index in [-0.39, 0.29) is 23.8 Å². The molecule has 0 radical (unpaired) electrons. The van der Waals surface area contributed by atoms with Gasteiger partial charge in [0.1, 0.15) is 5.75 Å². The molecule has 0 unspecified atom stereocenters. The summed E-state index contributed by atoms with van der Waals surface area (Å²) in [5, 5.41) is 24.5. The molecule has 0 atom stereocenters. The molecule has 0 aliphatic heterocycles. The Morgan fingerprint density at radius 1 is 1.21 bits per heavy atom. The van der Waals surface area contributed by atoms with Crippen molar-refractivity contribution in [2.24, 2.45) is 5.10 Å². The van der Waals surface area contributed by atoms with Gasteiger partial charge in [0.05, 0.1) is 17.1 Å². The number of hydrogen-bond acceptors (Lipinski definition) is 5. The Bertz CT molecular complexity index is 770. The van der Waals surface area contributed by atoms with E-state index in [1.165, 1.54) is 24.3 Å². The second kappa shape index (κ2) is 7.87. The van der Waals surface area contributed by atoms with Crippen molar-refractivity contribution >= 4 is 17.3 Å². The number of nitro benzene ring substituents is 1. The van der Waals surface area contributed by atoms with Gasteiger partial charge in [-0.2, -0.15) is 5.10 Å². The summed E-state index contributed by atoms with van der Waals surface area (Å²) in [6.07, 6.45) is 0.592. The molecule has 0 heterocycles. The van der Waals surface area contributed by atoms with Crippen molar-refractivity contribution in [3.05, 3.63) is 69.8 Å². The molecule has 2 aromatic carbocycles. The Hall–Kier alpha value is -3.22. The standard InChI is InChI=1S/C17H17N3O4/c1-2-15(14-5-3-4-6-16(14)21)18-19-17(22)11-12-7-9-13(10-8-12)20(23)24/h3-10,21H,2,11H2,1H3,(H,19,22). The van der Waals surface area contributed by atoms with Crippen molar-refractivity contribution in [1.82, 2.24) is 5.43 Å². The second-order valence-corrected chi connectivity index (χ2v) is 5.06. The number of non-ortho nitro benzene ring substituents is 1. The normalized spacial score (nSPS) is 11.1. The topological polar surface area (TPSA) is 105 Å². The number of nitrogens with zero attached hydrogens (tertiary/aromatic N) is 2. The van der Waals surface area contributed by atoms with Crippen LogP contribution in [-0.4, -0.2) is 21.6 Å². The van der Waals surface area contributed by atoms with E-state index in [4.69, 9.17) is 0 Å². The summed E-state index contributed by atoms with van der Waals surface area (Å²) in [7, 11) is 0. The number of rotatable bonds is 6. The lowest BCUT2D eigenvalue weighted by molar-refractivity contribution is -0.384. The van der Waals surface area contributed by atoms with E-state index in [0.29, 0.717) is 23.3 Å². The van der Waals surface area contributed by atoms with Gasteiger partial charge < -0.3 is 5.11 Å². The minimum absolute atomic E-state index is 0.0231. The lowest BCUT2D eigenvalue weighted by Gasteiger charge is -2.07. The molecule has 0 aliphatic carbocycles. The quantitative estimate of drug-likeness (QED) is 0.483. The van der Waals surface area contributed by atoms with Crippen molar-refractivity contribution in [2.75, 3.05) is 0 Å². The largest absolute Gasteiger partial charge is 0.507 e. The Morgan fingerprint density at radius 2 is 1.88 bits per heavy atom. The number of nitrogens with one attached hydrogen (secondary N) is 1. The van der Waals surface area contributed by atoms with Crippen molar-refractivity contribution in [2.45, 2.75) is 19.8 Å². The predicted octanol–water partition coefficient (Wildman–Crippen LogP) is 2.77. The third kappa shape index (κ3) is 4.39. The maximum absolute atomic E-state index is 12.0. The number of carbonyl (C=O) groups excluding carboxylic acids is 1. The van der Waals surface area contributed by atoms with Crippen LogP contribution in [0.15, 0.2) is 53.6 Å². The van der Waals surface area contributed by atoms with E-state index in [1.54, 1.807) is 24.3 Å². The van der Waals surface area contributed by atoms with E-state index in [2.05, 4.69) is 10.5 Å². The molecule has 24 heavy (non-hydrogen) atoms. The molecular formula is C17H17N3O4. The first-order valence-electron chi connectivity index (χ1n) is 7.38. The summed E-state index contributed by atoms with van der Waals surface area (Å²) in [5.74, 6) is -0.243. The van der Waals surface area contributed by atoms with Gasteiger partial charge in [-0.3, -0.25) is 14.9 Å². The number of benzene rings is 2. The molecule has 7 nitrogen and oxygen atoms in total. The molecule has 0 aromatic heterocycles. The van der Waals surface area contributed by atoms with Gasteiger partial charge in [-0.15, -0.1) is 0 Å². The highest BCUT2D eigenvalue weighted by Gasteiger charge is 2.09. The third-order valence-corrected chi connectivity index (χ3v) is 3.38. The van der Waals surface area contributed by atoms with Gasteiger partial charge in [-0.05, 0) is 24.1 Å². The summed E-state index contributed by atoms with van der Waals surface area (Å²) in [4.78, 5) is 22.1. The monoisotopic (exact) mass is 327 g/mol. The fourth-order valence-electron chi connectivity index (χ4n) is 2.14. The van der Waals surface area contributed by atoms with Gasteiger partial charge in [0, 0.05) is 17.7 Å². The van der Waals surface area contributed by atoms with Gasteiger partial charge in [0.25, 0.3) is 5.69 Å². The minimum atomic E-state index is -0.492. The first-order valence-corrected chi connectivity index (χ1v) is 7.38. The summed E-state index contributed by atoms with van der Waals surface area (Å²) < 4.78 is 0. The Balaban J connectivity index is 2.03. The Kier molecular flexibility index (Phi) is 5.62. The van der Waals surface area contributed by atoms with E-state index < -0.39 is 4.92 Å². The van der Waals surface area contributed by atoms with Gasteiger partial charge in [-0.1, -0.05) is 31.2 Å². The molecular weight excluding hydrogens is 310 g/mol. The van der Waals surface area contributed by atoms with Crippen LogP contribution in [0.3, 0.4) is 0 Å².